The van der Waals surface area contributed by atoms with Crippen LogP contribution in [0.3, 0.4) is 0 Å². The van der Waals surface area contributed by atoms with Gasteiger partial charge in [0.2, 0.25) is 0 Å². The standard InChI is InChI=1S/C36H35N3O2/c1-35(2,3)24-15-16-37-29(19-24)28-21-31(27-14-13-23-9-7-12-30-32(23)33(27)34(28)41-30)40-26-11-8-10-25(20-26)38-17-18-39(22-38)36(4,5)6/h7-21H,22H2,1-6H3. The molecule has 0 spiro atoms. The molecule has 2 aromatic heterocycles. The molecule has 1 aliphatic rings. The quantitative estimate of drug-likeness (QED) is 0.208. The SMILES string of the molecule is CC(C)(C)c1ccnc(-c2cc(Oc3cccc(N4C=CN(C(C)(C)C)C4)c3)c3ccc4cccc5oc2c3c45)c1. The maximum Gasteiger partial charge on any atom is 0.145 e. The van der Waals surface area contributed by atoms with Gasteiger partial charge in [-0.3, -0.25) is 4.98 Å². The summed E-state index contributed by atoms with van der Waals surface area (Å²) >= 11 is 0. The van der Waals surface area contributed by atoms with E-state index in [2.05, 4.69) is 118 Å². The fourth-order valence-electron chi connectivity index (χ4n) is 5.69. The second kappa shape index (κ2) is 9.00. The number of pyridine rings is 1. The molecule has 6 aromatic rings. The lowest BCUT2D eigenvalue weighted by molar-refractivity contribution is 0.223. The van der Waals surface area contributed by atoms with Gasteiger partial charge < -0.3 is 19.0 Å². The Kier molecular flexibility index (Phi) is 5.59. The van der Waals surface area contributed by atoms with Gasteiger partial charge in [0.05, 0.1) is 12.4 Å². The Morgan fingerprint density at radius 3 is 2.44 bits per heavy atom. The van der Waals surface area contributed by atoms with Crippen LogP contribution in [0.2, 0.25) is 0 Å². The highest BCUT2D eigenvalue weighted by molar-refractivity contribution is 6.25. The first-order valence-corrected chi connectivity index (χ1v) is 14.2. The van der Waals surface area contributed by atoms with E-state index in [1.54, 1.807) is 0 Å². The molecule has 1 aliphatic heterocycles. The van der Waals surface area contributed by atoms with E-state index in [1.165, 1.54) is 5.56 Å². The van der Waals surface area contributed by atoms with Crippen LogP contribution in [-0.2, 0) is 5.41 Å². The molecule has 0 radical (unpaired) electrons. The lowest BCUT2D eigenvalue weighted by atomic mass is 9.86. The molecule has 0 unspecified atom stereocenters. The molecule has 0 saturated heterocycles. The van der Waals surface area contributed by atoms with Crippen molar-refractivity contribution in [3.63, 3.8) is 0 Å². The molecule has 206 valence electrons. The molecule has 0 amide bonds. The van der Waals surface area contributed by atoms with Crippen molar-refractivity contribution in [2.45, 2.75) is 52.5 Å². The molecule has 0 aliphatic carbocycles. The fourth-order valence-corrected chi connectivity index (χ4v) is 5.69. The van der Waals surface area contributed by atoms with E-state index in [4.69, 9.17) is 14.1 Å². The van der Waals surface area contributed by atoms with Crippen molar-refractivity contribution in [2.75, 3.05) is 11.6 Å². The molecule has 5 nitrogen and oxygen atoms in total. The number of rotatable bonds is 4. The third kappa shape index (κ3) is 4.37. The third-order valence-electron chi connectivity index (χ3n) is 8.10. The first-order valence-electron chi connectivity index (χ1n) is 14.2. The van der Waals surface area contributed by atoms with Gasteiger partial charge in [0, 0.05) is 57.6 Å². The molecule has 3 heterocycles. The molecule has 0 N–H and O–H groups in total. The van der Waals surface area contributed by atoms with E-state index in [-0.39, 0.29) is 11.0 Å². The van der Waals surface area contributed by atoms with E-state index in [1.807, 2.05) is 24.4 Å². The summed E-state index contributed by atoms with van der Waals surface area (Å²) in [5.74, 6) is 1.57. The Balaban J connectivity index is 1.36. The van der Waals surface area contributed by atoms with Gasteiger partial charge in [-0.2, -0.15) is 0 Å². The summed E-state index contributed by atoms with van der Waals surface area (Å²) in [7, 11) is 0. The van der Waals surface area contributed by atoms with Crippen LogP contribution in [0.15, 0.2) is 95.8 Å². The summed E-state index contributed by atoms with van der Waals surface area (Å²) < 4.78 is 13.3. The van der Waals surface area contributed by atoms with Gasteiger partial charge in [-0.15, -0.1) is 0 Å². The van der Waals surface area contributed by atoms with Crippen LogP contribution in [0.25, 0.3) is 44.0 Å². The van der Waals surface area contributed by atoms with Crippen LogP contribution >= 0.6 is 0 Å². The van der Waals surface area contributed by atoms with Gasteiger partial charge in [0.15, 0.2) is 0 Å². The van der Waals surface area contributed by atoms with Crippen LogP contribution < -0.4 is 9.64 Å². The minimum absolute atomic E-state index is 0.00166. The van der Waals surface area contributed by atoms with Crippen molar-refractivity contribution >= 4 is 38.4 Å². The molecule has 0 atom stereocenters. The highest BCUT2D eigenvalue weighted by atomic mass is 16.5. The van der Waals surface area contributed by atoms with E-state index < -0.39 is 0 Å². The Hall–Kier alpha value is -4.51. The number of hydrogen-bond acceptors (Lipinski definition) is 5. The predicted octanol–water partition coefficient (Wildman–Crippen LogP) is 9.68. The summed E-state index contributed by atoms with van der Waals surface area (Å²) in [4.78, 5) is 9.38. The zero-order chi connectivity index (χ0) is 28.5. The highest BCUT2D eigenvalue weighted by Crippen LogP contribution is 2.46. The van der Waals surface area contributed by atoms with Crippen molar-refractivity contribution in [3.05, 3.63) is 97.0 Å². The van der Waals surface area contributed by atoms with E-state index >= 15 is 0 Å². The molecule has 7 rings (SSSR count). The average molecular weight is 542 g/mol. The molecule has 0 bridgehead atoms. The Labute approximate surface area is 241 Å². The summed E-state index contributed by atoms with van der Waals surface area (Å²) in [6.07, 6.45) is 6.18. The molecule has 41 heavy (non-hydrogen) atoms. The van der Waals surface area contributed by atoms with Crippen molar-refractivity contribution < 1.29 is 9.15 Å². The lowest BCUT2D eigenvalue weighted by Gasteiger charge is -2.33. The zero-order valence-electron chi connectivity index (χ0n) is 24.5. The number of anilines is 1. The third-order valence-corrected chi connectivity index (χ3v) is 8.10. The summed E-state index contributed by atoms with van der Waals surface area (Å²) in [5, 5.41) is 4.38. The van der Waals surface area contributed by atoms with Gasteiger partial charge in [0.25, 0.3) is 0 Å². The fraction of sp³-hybridized carbons (Fsp3) is 0.250. The van der Waals surface area contributed by atoms with Gasteiger partial charge in [0.1, 0.15) is 22.7 Å². The molecular weight excluding hydrogens is 506 g/mol. The first kappa shape index (κ1) is 25.5. The molecule has 0 fully saturated rings. The molecule has 5 heteroatoms. The van der Waals surface area contributed by atoms with Crippen LogP contribution in [0, 0.1) is 0 Å². The monoisotopic (exact) mass is 541 g/mol. The van der Waals surface area contributed by atoms with Gasteiger partial charge in [-0.1, -0.05) is 45.0 Å². The van der Waals surface area contributed by atoms with Gasteiger partial charge in [-0.25, -0.2) is 0 Å². The van der Waals surface area contributed by atoms with Crippen molar-refractivity contribution in [2.24, 2.45) is 0 Å². The van der Waals surface area contributed by atoms with E-state index in [0.717, 1.165) is 67.8 Å². The van der Waals surface area contributed by atoms with Gasteiger partial charge in [-0.05, 0) is 79.6 Å². The maximum absolute atomic E-state index is 6.73. The predicted molar refractivity (Wildman–Crippen MR) is 169 cm³/mol. The highest BCUT2D eigenvalue weighted by Gasteiger charge is 2.25. The number of benzene rings is 4. The Morgan fingerprint density at radius 1 is 0.829 bits per heavy atom. The lowest BCUT2D eigenvalue weighted by Crippen LogP contribution is -2.39. The number of aromatic nitrogens is 1. The number of hydrogen-bond donors (Lipinski definition) is 0. The topological polar surface area (TPSA) is 41.7 Å². The second-order valence-corrected chi connectivity index (χ2v) is 13.0. The zero-order valence-corrected chi connectivity index (χ0v) is 24.5. The number of furan rings is 1. The van der Waals surface area contributed by atoms with Crippen LogP contribution in [0.4, 0.5) is 5.69 Å². The normalized spacial score (nSPS) is 14.3. The summed E-state index contributed by atoms with van der Waals surface area (Å²) in [6.45, 7) is 14.1. The average Bonchev–Trinajstić information content (AvgIpc) is 3.59. The van der Waals surface area contributed by atoms with E-state index in [9.17, 15) is 0 Å². The van der Waals surface area contributed by atoms with Crippen molar-refractivity contribution in [3.8, 4) is 22.8 Å². The minimum Gasteiger partial charge on any atom is -0.457 e. The molecular formula is C36H35N3O2. The first-order chi connectivity index (χ1) is 19.6. The van der Waals surface area contributed by atoms with Gasteiger partial charge >= 0.3 is 0 Å². The second-order valence-electron chi connectivity index (χ2n) is 13.0. The maximum atomic E-state index is 6.73. The smallest absolute Gasteiger partial charge is 0.145 e. The number of nitrogens with zero attached hydrogens (tertiary/aromatic N) is 3. The number of ether oxygens (including phenoxy) is 1. The van der Waals surface area contributed by atoms with Crippen molar-refractivity contribution in [1.29, 1.82) is 0 Å². The molecule has 0 saturated carbocycles. The van der Waals surface area contributed by atoms with Crippen LogP contribution in [-0.4, -0.2) is 22.1 Å². The van der Waals surface area contributed by atoms with Crippen molar-refractivity contribution in [1.82, 2.24) is 9.88 Å². The Bertz CT molecular complexity index is 1940. The Morgan fingerprint density at radius 2 is 1.66 bits per heavy atom. The van der Waals surface area contributed by atoms with Crippen LogP contribution in [0.1, 0.15) is 47.1 Å². The minimum atomic E-state index is -0.00166. The largest absolute Gasteiger partial charge is 0.457 e. The summed E-state index contributed by atoms with van der Waals surface area (Å²) in [6, 6.07) is 25.2. The van der Waals surface area contributed by atoms with Crippen LogP contribution in [0.5, 0.6) is 11.5 Å². The summed E-state index contributed by atoms with van der Waals surface area (Å²) in [5.41, 5.74) is 5.90. The van der Waals surface area contributed by atoms with E-state index in [0.29, 0.717) is 0 Å². The molecule has 4 aromatic carbocycles.